The minimum atomic E-state index is -3.68. The minimum Gasteiger partial charge on any atom is -0.480 e. The van der Waals surface area contributed by atoms with Gasteiger partial charge in [0.25, 0.3) is 11.8 Å². The molecule has 0 aromatic carbocycles. The number of ether oxygens (including phenoxy) is 1. The van der Waals surface area contributed by atoms with Crippen molar-refractivity contribution in [2.24, 2.45) is 0 Å². The van der Waals surface area contributed by atoms with Gasteiger partial charge in [0.15, 0.2) is 5.82 Å². The molecule has 1 aliphatic carbocycles. The van der Waals surface area contributed by atoms with Gasteiger partial charge in [-0.1, -0.05) is 0 Å². The van der Waals surface area contributed by atoms with E-state index in [0.29, 0.717) is 29.6 Å². The normalized spacial score (nSPS) is 24.7. The molecule has 3 aromatic heterocycles. The number of nitrogens with zero attached hydrogens (tertiary/aromatic N) is 6. The standard InChI is InChI=1S/C24H27F3N8O4S/c1-39-23-16(22(36)32-18-9-34(8-17(18)25)40(37,38)15-2-3-15)4-13(6-29-23)19-5-14(7-33-10-24(26,27)11-33)20-21(28)30-12-31-35(19)20/h4-6,12,15,17-18H,2-3,7-11H2,1H3,(H,32,36)(H2,28,30,31)/t17-,18+/m0/s1/i1D3. The number of carbonyl (C=O) groups is 1. The molecule has 214 valence electrons. The number of carbonyl (C=O) groups excluding carboxylic acids is 1. The molecule has 1 amide bonds. The number of amides is 1. The molecule has 6 rings (SSSR count). The van der Waals surface area contributed by atoms with Gasteiger partial charge in [0.2, 0.25) is 15.9 Å². The highest BCUT2D eigenvalue weighted by Gasteiger charge is 2.47. The van der Waals surface area contributed by atoms with Gasteiger partial charge in [-0.05, 0) is 30.5 Å². The van der Waals surface area contributed by atoms with Gasteiger partial charge in [0, 0.05) is 31.4 Å². The zero-order valence-corrected chi connectivity index (χ0v) is 21.7. The second kappa shape index (κ2) is 9.55. The number of sulfonamides is 1. The average molecular weight is 584 g/mol. The first-order valence-electron chi connectivity index (χ1n) is 14.0. The molecule has 0 spiro atoms. The number of rotatable bonds is 8. The summed E-state index contributed by atoms with van der Waals surface area (Å²) in [5.74, 6) is -4.21. The lowest BCUT2D eigenvalue weighted by Gasteiger charge is -2.38. The van der Waals surface area contributed by atoms with E-state index in [1.807, 2.05) is 0 Å². The Balaban J connectivity index is 1.33. The first-order valence-corrected chi connectivity index (χ1v) is 14.0. The van der Waals surface area contributed by atoms with Crippen LogP contribution in [-0.2, 0) is 16.6 Å². The highest BCUT2D eigenvalue weighted by Crippen LogP contribution is 2.35. The van der Waals surface area contributed by atoms with E-state index < -0.39 is 71.9 Å². The van der Waals surface area contributed by atoms with Gasteiger partial charge in [0.1, 0.15) is 23.6 Å². The van der Waals surface area contributed by atoms with Gasteiger partial charge in [-0.25, -0.2) is 36.1 Å². The molecule has 16 heteroatoms. The van der Waals surface area contributed by atoms with Gasteiger partial charge >= 0.3 is 0 Å². The Morgan fingerprint density at radius 1 is 1.27 bits per heavy atom. The van der Waals surface area contributed by atoms with E-state index in [2.05, 4.69) is 20.4 Å². The smallest absolute Gasteiger partial charge is 0.272 e. The van der Waals surface area contributed by atoms with E-state index in [-0.39, 0.29) is 30.0 Å². The Morgan fingerprint density at radius 2 is 2.05 bits per heavy atom. The Bertz CT molecular complexity index is 1690. The van der Waals surface area contributed by atoms with E-state index in [1.165, 1.54) is 28.0 Å². The number of likely N-dealkylation sites (tertiary alicyclic amines) is 1. The summed E-state index contributed by atoms with van der Waals surface area (Å²) in [6.07, 6.45) is 1.71. The molecule has 0 radical (unpaired) electrons. The predicted octanol–water partition coefficient (Wildman–Crippen LogP) is 1.08. The highest BCUT2D eigenvalue weighted by atomic mass is 32.2. The van der Waals surface area contributed by atoms with Crippen LogP contribution in [0.5, 0.6) is 5.88 Å². The van der Waals surface area contributed by atoms with Crippen LogP contribution in [0.4, 0.5) is 19.0 Å². The first-order chi connectivity index (χ1) is 20.1. The minimum absolute atomic E-state index is 0.0812. The maximum atomic E-state index is 14.9. The second-order valence-electron chi connectivity index (χ2n) is 10.3. The van der Waals surface area contributed by atoms with Crippen LogP contribution in [-0.4, -0.2) is 99.7 Å². The summed E-state index contributed by atoms with van der Waals surface area (Å²) in [7, 11) is -6.66. The van der Waals surface area contributed by atoms with E-state index in [9.17, 15) is 26.4 Å². The molecule has 12 nitrogen and oxygen atoms in total. The van der Waals surface area contributed by atoms with Crippen molar-refractivity contribution in [2.45, 2.75) is 42.8 Å². The van der Waals surface area contributed by atoms with Crippen LogP contribution in [0.15, 0.2) is 24.7 Å². The number of halogens is 3. The van der Waals surface area contributed by atoms with E-state index in [4.69, 9.17) is 14.6 Å². The van der Waals surface area contributed by atoms with Crippen LogP contribution in [0.3, 0.4) is 0 Å². The molecule has 1 saturated carbocycles. The monoisotopic (exact) mass is 583 g/mol. The van der Waals surface area contributed by atoms with Crippen LogP contribution < -0.4 is 15.8 Å². The van der Waals surface area contributed by atoms with Crippen molar-refractivity contribution in [3.05, 3.63) is 35.8 Å². The van der Waals surface area contributed by atoms with E-state index in [1.54, 1.807) is 6.07 Å². The van der Waals surface area contributed by atoms with Gasteiger partial charge < -0.3 is 15.8 Å². The van der Waals surface area contributed by atoms with Gasteiger partial charge in [-0.15, -0.1) is 0 Å². The number of hydrogen-bond donors (Lipinski definition) is 2. The lowest BCUT2D eigenvalue weighted by molar-refractivity contribution is -0.133. The van der Waals surface area contributed by atoms with Crippen molar-refractivity contribution in [1.29, 1.82) is 0 Å². The molecule has 40 heavy (non-hydrogen) atoms. The maximum Gasteiger partial charge on any atom is 0.272 e. The third-order valence-electron chi connectivity index (χ3n) is 7.29. The lowest BCUT2D eigenvalue weighted by Crippen LogP contribution is -2.55. The number of alkyl halides is 3. The number of pyridine rings is 1. The zero-order valence-electron chi connectivity index (χ0n) is 23.9. The summed E-state index contributed by atoms with van der Waals surface area (Å²) >= 11 is 0. The largest absolute Gasteiger partial charge is 0.480 e. The SMILES string of the molecule is [2H]C([2H])([2H])Oc1ncc(-c2cc(CN3CC(F)(F)C3)c3c(N)ncnn23)cc1C(=O)N[C@@H]1CN(S(=O)(=O)C2CC2)C[C@@H]1F. The number of anilines is 1. The van der Waals surface area contributed by atoms with E-state index in [0.717, 1.165) is 4.31 Å². The van der Waals surface area contributed by atoms with Gasteiger partial charge in [0.05, 0.1) is 41.2 Å². The number of nitrogens with two attached hydrogens (primary N) is 1. The first kappa shape index (κ1) is 23.2. The van der Waals surface area contributed by atoms with Crippen molar-refractivity contribution in [1.82, 2.24) is 34.1 Å². The topological polar surface area (TPSA) is 148 Å². The van der Waals surface area contributed by atoms with Gasteiger partial charge in [-0.2, -0.15) is 9.40 Å². The fourth-order valence-corrected chi connectivity index (χ4v) is 7.04. The van der Waals surface area contributed by atoms with Crippen LogP contribution in [0.2, 0.25) is 0 Å². The Hall–Kier alpha value is -3.50. The Kier molecular flexibility index (Phi) is 5.55. The van der Waals surface area contributed by atoms with Crippen LogP contribution >= 0.6 is 0 Å². The molecule has 3 aromatic rings. The number of nitrogen functional groups attached to an aromatic ring is 1. The Morgan fingerprint density at radius 3 is 2.75 bits per heavy atom. The molecule has 0 bridgehead atoms. The second-order valence-corrected chi connectivity index (χ2v) is 12.5. The van der Waals surface area contributed by atoms with Crippen LogP contribution in [0.25, 0.3) is 16.8 Å². The highest BCUT2D eigenvalue weighted by molar-refractivity contribution is 7.90. The van der Waals surface area contributed by atoms with Crippen molar-refractivity contribution in [3.8, 4) is 17.1 Å². The van der Waals surface area contributed by atoms with E-state index >= 15 is 0 Å². The summed E-state index contributed by atoms with van der Waals surface area (Å²) in [4.78, 5) is 23.0. The quantitative estimate of drug-likeness (QED) is 0.397. The molecule has 3 N–H and O–H groups in total. The average Bonchev–Trinajstić information content (AvgIpc) is 3.61. The number of fused-ring (bicyclic) bond motifs is 1. The van der Waals surface area contributed by atoms with Crippen molar-refractivity contribution in [2.75, 3.05) is 39.0 Å². The molecular formula is C24H27F3N8O4S. The Labute approximate surface area is 231 Å². The third kappa shape index (κ3) is 4.73. The fraction of sp³-hybridized carbons (Fsp3) is 0.500. The molecule has 5 heterocycles. The molecule has 2 saturated heterocycles. The van der Waals surface area contributed by atoms with Gasteiger partial charge in [-0.3, -0.25) is 9.69 Å². The number of methoxy groups -OCH3 is 1. The summed E-state index contributed by atoms with van der Waals surface area (Å²) in [5, 5.41) is 6.12. The summed E-state index contributed by atoms with van der Waals surface area (Å²) in [5.41, 5.74) is 7.20. The maximum absolute atomic E-state index is 14.9. The predicted molar refractivity (Wildman–Crippen MR) is 137 cm³/mol. The van der Waals surface area contributed by atoms with Crippen LogP contribution in [0, 0.1) is 0 Å². The number of nitrogens with one attached hydrogen (secondary N) is 1. The molecule has 0 unspecified atom stereocenters. The lowest BCUT2D eigenvalue weighted by atomic mass is 10.1. The van der Waals surface area contributed by atoms with Crippen LogP contribution in [0.1, 0.15) is 32.9 Å². The molecule has 3 fully saturated rings. The van der Waals surface area contributed by atoms with Crippen molar-refractivity contribution < 1.29 is 35.2 Å². The summed E-state index contributed by atoms with van der Waals surface area (Å²) < 4.78 is 96.9. The third-order valence-corrected chi connectivity index (χ3v) is 9.62. The molecule has 2 atom stereocenters. The fourth-order valence-electron chi connectivity index (χ4n) is 5.16. The van der Waals surface area contributed by atoms with Crippen molar-refractivity contribution in [3.63, 3.8) is 0 Å². The van der Waals surface area contributed by atoms with Crippen molar-refractivity contribution >= 4 is 27.3 Å². The molecular weight excluding hydrogens is 553 g/mol. The molecule has 2 aliphatic heterocycles. The zero-order chi connectivity index (χ0) is 30.9. The molecule has 3 aliphatic rings. The summed E-state index contributed by atoms with van der Waals surface area (Å²) in [6.45, 7) is -1.46. The number of aromatic nitrogens is 4. The number of hydrogen-bond acceptors (Lipinski definition) is 9. The summed E-state index contributed by atoms with van der Waals surface area (Å²) in [6, 6.07) is 1.69.